The van der Waals surface area contributed by atoms with E-state index in [-0.39, 0.29) is 18.8 Å². The standard InChI is InChI=1S/C14H15F2NO4/c1-2-17-10-4-3-9(7-12(10)21-14(17)19)11(18)5-6-20-8-13(15)16/h3-4,7,13H,2,5-6,8H2,1H3. The van der Waals surface area contributed by atoms with E-state index in [1.807, 2.05) is 6.92 Å². The molecule has 1 aromatic carbocycles. The van der Waals surface area contributed by atoms with Crippen molar-refractivity contribution in [1.82, 2.24) is 4.57 Å². The van der Waals surface area contributed by atoms with E-state index in [1.165, 1.54) is 10.6 Å². The highest BCUT2D eigenvalue weighted by atomic mass is 19.3. The van der Waals surface area contributed by atoms with E-state index in [4.69, 9.17) is 4.42 Å². The Labute approximate surface area is 119 Å². The minimum Gasteiger partial charge on any atom is -0.408 e. The Balaban J connectivity index is 2.08. The molecule has 0 spiro atoms. The van der Waals surface area contributed by atoms with Crippen molar-refractivity contribution in [2.75, 3.05) is 13.2 Å². The number of hydrogen-bond donors (Lipinski definition) is 0. The van der Waals surface area contributed by atoms with Gasteiger partial charge in [0.25, 0.3) is 6.43 Å². The Hall–Kier alpha value is -2.02. The molecule has 0 aliphatic heterocycles. The van der Waals surface area contributed by atoms with Crippen molar-refractivity contribution in [2.24, 2.45) is 0 Å². The van der Waals surface area contributed by atoms with Crippen molar-refractivity contribution in [1.29, 1.82) is 0 Å². The van der Waals surface area contributed by atoms with Crippen LogP contribution in [0.15, 0.2) is 27.4 Å². The number of ketones is 1. The molecule has 2 aromatic rings. The Morgan fingerprint density at radius 1 is 1.43 bits per heavy atom. The molecule has 0 unspecified atom stereocenters. The number of benzene rings is 1. The maximum atomic E-state index is 11.9. The van der Waals surface area contributed by atoms with Gasteiger partial charge in [0.1, 0.15) is 6.61 Å². The Bertz CT molecular complexity index is 690. The number of carbonyl (C=O) groups excluding carboxylic acids is 1. The molecular weight excluding hydrogens is 284 g/mol. The van der Waals surface area contributed by atoms with Gasteiger partial charge in [0, 0.05) is 18.5 Å². The number of oxazole rings is 1. The van der Waals surface area contributed by atoms with Crippen molar-refractivity contribution in [3.8, 4) is 0 Å². The van der Waals surface area contributed by atoms with Gasteiger partial charge in [0.05, 0.1) is 12.1 Å². The summed E-state index contributed by atoms with van der Waals surface area (Å²) < 4.78 is 34.9. The molecule has 0 amide bonds. The predicted octanol–water partition coefficient (Wildman–Crippen LogP) is 2.47. The summed E-state index contributed by atoms with van der Waals surface area (Å²) in [4.78, 5) is 23.4. The number of hydrogen-bond acceptors (Lipinski definition) is 4. The molecular formula is C14H15F2NO4. The summed E-state index contributed by atoms with van der Waals surface area (Å²) in [5.41, 5.74) is 1.31. The van der Waals surface area contributed by atoms with Crippen LogP contribution in [0.4, 0.5) is 8.78 Å². The molecule has 21 heavy (non-hydrogen) atoms. The lowest BCUT2D eigenvalue weighted by Crippen LogP contribution is -2.12. The fourth-order valence-corrected chi connectivity index (χ4v) is 2.02. The summed E-state index contributed by atoms with van der Waals surface area (Å²) >= 11 is 0. The molecule has 114 valence electrons. The molecule has 0 atom stereocenters. The molecule has 0 saturated heterocycles. The number of rotatable bonds is 7. The lowest BCUT2D eigenvalue weighted by molar-refractivity contribution is 0.0170. The molecule has 0 radical (unpaired) electrons. The first-order chi connectivity index (χ1) is 10.0. The number of Topliss-reactive ketones (excluding diaryl/α,β-unsaturated/α-hetero) is 1. The van der Waals surface area contributed by atoms with Crippen LogP contribution in [0.3, 0.4) is 0 Å². The van der Waals surface area contributed by atoms with Gasteiger partial charge in [-0.15, -0.1) is 0 Å². The van der Waals surface area contributed by atoms with Crippen LogP contribution in [0.25, 0.3) is 11.1 Å². The molecule has 0 fully saturated rings. The fraction of sp³-hybridized carbons (Fsp3) is 0.429. The largest absolute Gasteiger partial charge is 0.419 e. The highest BCUT2D eigenvalue weighted by Crippen LogP contribution is 2.16. The minimum atomic E-state index is -2.54. The van der Waals surface area contributed by atoms with E-state index < -0.39 is 18.8 Å². The molecule has 7 heteroatoms. The summed E-state index contributed by atoms with van der Waals surface area (Å²) in [5, 5.41) is 0. The van der Waals surface area contributed by atoms with Gasteiger partial charge < -0.3 is 9.15 Å². The minimum absolute atomic E-state index is 0.00303. The number of nitrogens with zero attached hydrogens (tertiary/aromatic N) is 1. The number of fused-ring (bicyclic) bond motifs is 1. The lowest BCUT2D eigenvalue weighted by atomic mass is 10.1. The van der Waals surface area contributed by atoms with Crippen molar-refractivity contribution in [2.45, 2.75) is 26.3 Å². The van der Waals surface area contributed by atoms with Crippen LogP contribution in [0.5, 0.6) is 0 Å². The number of aromatic nitrogens is 1. The van der Waals surface area contributed by atoms with Crippen molar-refractivity contribution < 1.29 is 22.7 Å². The third-order valence-corrected chi connectivity index (χ3v) is 3.02. The van der Waals surface area contributed by atoms with E-state index in [1.54, 1.807) is 12.1 Å². The van der Waals surface area contributed by atoms with E-state index in [0.717, 1.165) is 0 Å². The number of carbonyl (C=O) groups is 1. The van der Waals surface area contributed by atoms with Gasteiger partial charge in [-0.05, 0) is 25.1 Å². The molecule has 5 nitrogen and oxygen atoms in total. The third kappa shape index (κ3) is 3.55. The molecule has 0 aliphatic rings. The zero-order valence-corrected chi connectivity index (χ0v) is 11.5. The van der Waals surface area contributed by atoms with Crippen molar-refractivity contribution >= 4 is 16.9 Å². The number of aryl methyl sites for hydroxylation is 1. The average molecular weight is 299 g/mol. The summed E-state index contributed by atoms with van der Waals surface area (Å²) in [6, 6.07) is 4.70. The number of alkyl halides is 2. The Morgan fingerprint density at radius 3 is 2.86 bits per heavy atom. The third-order valence-electron chi connectivity index (χ3n) is 3.02. The SMILES string of the molecule is CCn1c(=O)oc2cc(C(=O)CCOCC(F)F)ccc21. The molecule has 2 rings (SSSR count). The number of ether oxygens (including phenoxy) is 1. The second-order valence-corrected chi connectivity index (χ2v) is 4.43. The van der Waals surface area contributed by atoms with Crippen LogP contribution < -0.4 is 5.76 Å². The van der Waals surface area contributed by atoms with Crippen LogP contribution in [0, 0.1) is 0 Å². The van der Waals surface area contributed by atoms with Gasteiger partial charge in [0.2, 0.25) is 0 Å². The van der Waals surface area contributed by atoms with E-state index in [2.05, 4.69) is 4.74 Å². The van der Waals surface area contributed by atoms with Crippen LogP contribution in [-0.4, -0.2) is 30.0 Å². The average Bonchev–Trinajstić information content (AvgIpc) is 2.77. The monoisotopic (exact) mass is 299 g/mol. The quantitative estimate of drug-likeness (QED) is 0.582. The van der Waals surface area contributed by atoms with E-state index >= 15 is 0 Å². The maximum Gasteiger partial charge on any atom is 0.419 e. The first-order valence-electron chi connectivity index (χ1n) is 6.55. The maximum absolute atomic E-state index is 11.9. The lowest BCUT2D eigenvalue weighted by Gasteiger charge is -2.03. The molecule has 1 aromatic heterocycles. The summed E-state index contributed by atoms with van der Waals surface area (Å²) in [5.74, 6) is -0.726. The van der Waals surface area contributed by atoms with Gasteiger partial charge in [-0.1, -0.05) is 0 Å². The first-order valence-corrected chi connectivity index (χ1v) is 6.55. The first kappa shape index (κ1) is 15.4. The van der Waals surface area contributed by atoms with E-state index in [9.17, 15) is 18.4 Å². The van der Waals surface area contributed by atoms with Crippen LogP contribution in [-0.2, 0) is 11.3 Å². The molecule has 0 saturated carbocycles. The Morgan fingerprint density at radius 2 is 2.19 bits per heavy atom. The van der Waals surface area contributed by atoms with Gasteiger partial charge in [-0.3, -0.25) is 9.36 Å². The summed E-state index contributed by atoms with van der Waals surface area (Å²) in [7, 11) is 0. The molecule has 1 heterocycles. The summed E-state index contributed by atoms with van der Waals surface area (Å²) in [6.07, 6.45) is -2.55. The predicted molar refractivity (Wildman–Crippen MR) is 71.9 cm³/mol. The van der Waals surface area contributed by atoms with E-state index in [0.29, 0.717) is 23.2 Å². The summed E-state index contributed by atoms with van der Waals surface area (Å²) in [6.45, 7) is 1.54. The zero-order chi connectivity index (χ0) is 15.4. The van der Waals surface area contributed by atoms with Crippen molar-refractivity contribution in [3.05, 3.63) is 34.3 Å². The number of halogens is 2. The Kier molecular flexibility index (Phi) is 4.85. The molecule has 0 N–H and O–H groups in total. The van der Waals surface area contributed by atoms with Gasteiger partial charge in [-0.2, -0.15) is 0 Å². The zero-order valence-electron chi connectivity index (χ0n) is 11.5. The topological polar surface area (TPSA) is 61.4 Å². The van der Waals surface area contributed by atoms with Crippen LogP contribution in [0.1, 0.15) is 23.7 Å². The van der Waals surface area contributed by atoms with Gasteiger partial charge in [-0.25, -0.2) is 13.6 Å². The van der Waals surface area contributed by atoms with Crippen LogP contribution >= 0.6 is 0 Å². The fourth-order valence-electron chi connectivity index (χ4n) is 2.02. The smallest absolute Gasteiger partial charge is 0.408 e. The molecule has 0 bridgehead atoms. The highest BCUT2D eigenvalue weighted by Gasteiger charge is 2.12. The second kappa shape index (κ2) is 6.62. The molecule has 0 aliphatic carbocycles. The van der Waals surface area contributed by atoms with Gasteiger partial charge in [0.15, 0.2) is 11.4 Å². The highest BCUT2D eigenvalue weighted by molar-refractivity contribution is 5.98. The van der Waals surface area contributed by atoms with Gasteiger partial charge >= 0.3 is 5.76 Å². The van der Waals surface area contributed by atoms with Crippen molar-refractivity contribution in [3.63, 3.8) is 0 Å². The normalized spacial score (nSPS) is 11.4. The second-order valence-electron chi connectivity index (χ2n) is 4.43. The van der Waals surface area contributed by atoms with Crippen LogP contribution in [0.2, 0.25) is 0 Å².